The third kappa shape index (κ3) is 1.54. The van der Waals surface area contributed by atoms with Gasteiger partial charge in [0.15, 0.2) is 0 Å². The average molecular weight is 207 g/mol. The largest absolute Gasteiger partial charge is 0.298 e. The molecular formula is C10H7ClN2O. The Balaban J connectivity index is 2.57. The number of rotatable bonds is 2. The number of aromatic nitrogens is 2. The van der Waals surface area contributed by atoms with Crippen LogP contribution in [0.4, 0.5) is 0 Å². The van der Waals surface area contributed by atoms with Gasteiger partial charge in [-0.05, 0) is 18.2 Å². The Bertz CT molecular complexity index is 451. The van der Waals surface area contributed by atoms with Gasteiger partial charge in [-0.25, -0.2) is 4.68 Å². The maximum Gasteiger partial charge on any atom is 0.150 e. The van der Waals surface area contributed by atoms with Crippen molar-refractivity contribution in [1.29, 1.82) is 0 Å². The third-order valence-corrected chi connectivity index (χ3v) is 2.18. The van der Waals surface area contributed by atoms with Crippen LogP contribution in [0.5, 0.6) is 0 Å². The summed E-state index contributed by atoms with van der Waals surface area (Å²) >= 11 is 5.97. The molecule has 14 heavy (non-hydrogen) atoms. The van der Waals surface area contributed by atoms with E-state index in [0.29, 0.717) is 16.3 Å². The van der Waals surface area contributed by atoms with Crippen LogP contribution in [-0.2, 0) is 0 Å². The van der Waals surface area contributed by atoms with Crippen molar-refractivity contribution in [3.8, 4) is 5.69 Å². The van der Waals surface area contributed by atoms with E-state index in [-0.39, 0.29) is 0 Å². The summed E-state index contributed by atoms with van der Waals surface area (Å²) in [5.74, 6) is 0. The molecule has 70 valence electrons. The summed E-state index contributed by atoms with van der Waals surface area (Å²) in [7, 11) is 0. The Morgan fingerprint density at radius 2 is 2.29 bits per heavy atom. The van der Waals surface area contributed by atoms with Gasteiger partial charge in [-0.2, -0.15) is 5.10 Å². The Morgan fingerprint density at radius 3 is 2.93 bits per heavy atom. The molecule has 0 N–H and O–H groups in total. The molecule has 4 heteroatoms. The minimum absolute atomic E-state index is 0.569. The number of carbonyl (C=O) groups is 1. The summed E-state index contributed by atoms with van der Waals surface area (Å²) in [6.07, 6.45) is 4.21. The summed E-state index contributed by atoms with van der Waals surface area (Å²) < 4.78 is 1.62. The predicted molar refractivity (Wildman–Crippen MR) is 54.0 cm³/mol. The quantitative estimate of drug-likeness (QED) is 0.707. The zero-order valence-corrected chi connectivity index (χ0v) is 7.98. The molecule has 3 nitrogen and oxygen atoms in total. The summed E-state index contributed by atoms with van der Waals surface area (Å²) in [6, 6.07) is 6.84. The van der Waals surface area contributed by atoms with Crippen LogP contribution in [0.15, 0.2) is 36.7 Å². The van der Waals surface area contributed by atoms with Gasteiger partial charge >= 0.3 is 0 Å². The Morgan fingerprint density at radius 1 is 1.43 bits per heavy atom. The van der Waals surface area contributed by atoms with Crippen LogP contribution in [0.3, 0.4) is 0 Å². The van der Waals surface area contributed by atoms with E-state index in [0.717, 1.165) is 6.29 Å². The smallest absolute Gasteiger partial charge is 0.150 e. The van der Waals surface area contributed by atoms with Crippen molar-refractivity contribution in [2.45, 2.75) is 0 Å². The molecule has 0 radical (unpaired) electrons. The molecule has 0 aliphatic carbocycles. The minimum Gasteiger partial charge on any atom is -0.298 e. The monoisotopic (exact) mass is 206 g/mol. The summed E-state index contributed by atoms with van der Waals surface area (Å²) in [5.41, 5.74) is 1.29. The fraction of sp³-hybridized carbons (Fsp3) is 0. The number of nitrogens with zero attached hydrogens (tertiary/aromatic N) is 2. The van der Waals surface area contributed by atoms with Crippen LogP contribution in [0.1, 0.15) is 10.4 Å². The zero-order chi connectivity index (χ0) is 9.97. The molecule has 1 heterocycles. The molecule has 0 saturated heterocycles. The van der Waals surface area contributed by atoms with Crippen molar-refractivity contribution in [1.82, 2.24) is 9.78 Å². The van der Waals surface area contributed by atoms with Crippen LogP contribution >= 0.6 is 11.6 Å². The van der Waals surface area contributed by atoms with Gasteiger partial charge in [0.25, 0.3) is 0 Å². The number of hydrogen-bond acceptors (Lipinski definition) is 2. The van der Waals surface area contributed by atoms with Crippen LogP contribution in [0, 0.1) is 0 Å². The van der Waals surface area contributed by atoms with Crippen molar-refractivity contribution in [2.75, 3.05) is 0 Å². The van der Waals surface area contributed by atoms with Crippen LogP contribution in [0.2, 0.25) is 5.02 Å². The molecule has 0 atom stereocenters. The van der Waals surface area contributed by atoms with Crippen molar-refractivity contribution in [2.24, 2.45) is 0 Å². The fourth-order valence-electron chi connectivity index (χ4n) is 1.19. The highest BCUT2D eigenvalue weighted by molar-refractivity contribution is 6.32. The second-order valence-electron chi connectivity index (χ2n) is 2.78. The van der Waals surface area contributed by atoms with Crippen molar-refractivity contribution >= 4 is 17.9 Å². The lowest BCUT2D eigenvalue weighted by Gasteiger charge is -2.04. The highest BCUT2D eigenvalue weighted by atomic mass is 35.5. The van der Waals surface area contributed by atoms with Crippen molar-refractivity contribution in [3.63, 3.8) is 0 Å². The number of benzene rings is 1. The van der Waals surface area contributed by atoms with E-state index in [1.165, 1.54) is 0 Å². The second kappa shape index (κ2) is 3.64. The molecule has 0 fully saturated rings. The van der Waals surface area contributed by atoms with Crippen molar-refractivity contribution < 1.29 is 4.79 Å². The lowest BCUT2D eigenvalue weighted by molar-refractivity contribution is 0.112. The van der Waals surface area contributed by atoms with Gasteiger partial charge < -0.3 is 0 Å². The Labute approximate surface area is 85.9 Å². The van der Waals surface area contributed by atoms with E-state index in [1.54, 1.807) is 41.3 Å². The van der Waals surface area contributed by atoms with Crippen LogP contribution in [0.25, 0.3) is 5.69 Å². The number of carbonyl (C=O) groups excluding carboxylic acids is 1. The first kappa shape index (κ1) is 8.97. The van der Waals surface area contributed by atoms with E-state index in [2.05, 4.69) is 5.10 Å². The van der Waals surface area contributed by atoms with Gasteiger partial charge in [-0.15, -0.1) is 0 Å². The number of hydrogen-bond donors (Lipinski definition) is 0. The van der Waals surface area contributed by atoms with Gasteiger partial charge in [0.05, 0.1) is 10.7 Å². The highest BCUT2D eigenvalue weighted by Gasteiger charge is 2.03. The van der Waals surface area contributed by atoms with Gasteiger partial charge in [0, 0.05) is 18.0 Å². The van der Waals surface area contributed by atoms with Gasteiger partial charge in [0.1, 0.15) is 6.29 Å². The average Bonchev–Trinajstić information content (AvgIpc) is 2.71. The van der Waals surface area contributed by atoms with Crippen molar-refractivity contribution in [3.05, 3.63) is 47.2 Å². The fourth-order valence-corrected chi connectivity index (χ4v) is 1.39. The van der Waals surface area contributed by atoms with E-state index >= 15 is 0 Å². The summed E-state index contributed by atoms with van der Waals surface area (Å²) in [6.45, 7) is 0. The second-order valence-corrected chi connectivity index (χ2v) is 3.19. The normalized spacial score (nSPS) is 10.1. The molecule has 0 bridgehead atoms. The summed E-state index contributed by atoms with van der Waals surface area (Å²) in [4.78, 5) is 10.6. The molecule has 0 unspecified atom stereocenters. The first-order valence-electron chi connectivity index (χ1n) is 4.06. The lowest BCUT2D eigenvalue weighted by Crippen LogP contribution is -1.96. The molecule has 0 aliphatic heterocycles. The van der Waals surface area contributed by atoms with E-state index in [4.69, 9.17) is 11.6 Å². The van der Waals surface area contributed by atoms with Crippen LogP contribution < -0.4 is 0 Å². The maximum absolute atomic E-state index is 10.6. The zero-order valence-electron chi connectivity index (χ0n) is 7.22. The molecule has 0 saturated carbocycles. The van der Waals surface area contributed by atoms with Gasteiger partial charge in [0.2, 0.25) is 0 Å². The molecule has 2 rings (SSSR count). The number of aldehydes is 1. The molecule has 0 spiro atoms. The van der Waals surface area contributed by atoms with E-state index < -0.39 is 0 Å². The lowest BCUT2D eigenvalue weighted by atomic mass is 10.2. The third-order valence-electron chi connectivity index (χ3n) is 1.86. The molecule has 1 aromatic carbocycles. The molecular weight excluding hydrogens is 200 g/mol. The van der Waals surface area contributed by atoms with E-state index in [9.17, 15) is 4.79 Å². The first-order valence-corrected chi connectivity index (χ1v) is 4.44. The van der Waals surface area contributed by atoms with Gasteiger partial charge in [-0.3, -0.25) is 4.79 Å². The van der Waals surface area contributed by atoms with E-state index in [1.807, 2.05) is 0 Å². The SMILES string of the molecule is O=Cc1ccc(Cl)c(-n2cccn2)c1. The highest BCUT2D eigenvalue weighted by Crippen LogP contribution is 2.20. The standard InChI is InChI=1S/C10H7ClN2O/c11-9-3-2-8(7-14)6-10(9)13-5-1-4-12-13/h1-7H. The molecule has 0 aliphatic rings. The Kier molecular flexibility index (Phi) is 2.33. The van der Waals surface area contributed by atoms with Gasteiger partial charge in [-0.1, -0.05) is 17.7 Å². The molecule has 1 aromatic heterocycles. The van der Waals surface area contributed by atoms with Crippen LogP contribution in [-0.4, -0.2) is 16.1 Å². The molecule has 0 amide bonds. The maximum atomic E-state index is 10.6. The summed E-state index contributed by atoms with van der Waals surface area (Å²) in [5, 5.41) is 4.61. The molecule has 2 aromatic rings. The first-order chi connectivity index (χ1) is 6.81. The Hall–Kier alpha value is -1.61. The number of halogens is 1. The predicted octanol–water partition coefficient (Wildman–Crippen LogP) is 2.34. The minimum atomic E-state index is 0.569. The topological polar surface area (TPSA) is 34.9 Å².